The number of amides is 2. The molecule has 4 rings (SSSR count). The summed E-state index contributed by atoms with van der Waals surface area (Å²) in [4.78, 5) is 33.8. The first-order chi connectivity index (χ1) is 15.9. The van der Waals surface area contributed by atoms with Gasteiger partial charge in [0.15, 0.2) is 5.13 Å². The van der Waals surface area contributed by atoms with E-state index in [0.29, 0.717) is 11.6 Å². The van der Waals surface area contributed by atoms with Crippen molar-refractivity contribution in [2.45, 2.75) is 79.2 Å². The zero-order valence-corrected chi connectivity index (χ0v) is 23.2. The molecule has 8 heteroatoms. The molecule has 2 amide bonds. The summed E-state index contributed by atoms with van der Waals surface area (Å²) in [5, 5.41) is 15.3. The van der Waals surface area contributed by atoms with Crippen LogP contribution in [-0.2, 0) is 16.0 Å². The molecule has 2 fully saturated rings. The Hall–Kier alpha value is -1.12. The van der Waals surface area contributed by atoms with Crippen LogP contribution in [-0.4, -0.2) is 57.5 Å². The molecule has 2 heterocycles. The van der Waals surface area contributed by atoms with Crippen molar-refractivity contribution in [3.8, 4) is 0 Å². The van der Waals surface area contributed by atoms with Gasteiger partial charge in [-0.1, -0.05) is 41.5 Å². The van der Waals surface area contributed by atoms with Gasteiger partial charge in [0.05, 0.1) is 11.8 Å². The average Bonchev–Trinajstić information content (AvgIpc) is 3.13. The lowest BCUT2D eigenvalue weighted by atomic mass is 9.53. The lowest BCUT2D eigenvalue weighted by Gasteiger charge is -2.53. The van der Waals surface area contributed by atoms with Crippen LogP contribution in [0.4, 0.5) is 5.13 Å². The second-order valence-corrected chi connectivity index (χ2v) is 14.5. The van der Waals surface area contributed by atoms with Gasteiger partial charge in [0.25, 0.3) is 0 Å². The summed E-state index contributed by atoms with van der Waals surface area (Å²) in [6.07, 6.45) is 2.68. The van der Waals surface area contributed by atoms with Crippen LogP contribution in [0, 0.1) is 28.6 Å². The molecule has 3 aliphatic rings. The summed E-state index contributed by atoms with van der Waals surface area (Å²) in [5.41, 5.74) is 0.925. The molecule has 6 nitrogen and oxygen atoms in total. The average molecular weight is 508 g/mol. The van der Waals surface area contributed by atoms with E-state index in [1.807, 2.05) is 23.6 Å². The first kappa shape index (κ1) is 26.0. The van der Waals surface area contributed by atoms with E-state index in [4.69, 9.17) is 4.98 Å². The van der Waals surface area contributed by atoms with E-state index in [0.717, 1.165) is 49.6 Å². The third-order valence-corrected chi connectivity index (χ3v) is 10.1. The molecule has 2 aliphatic carbocycles. The summed E-state index contributed by atoms with van der Waals surface area (Å²) < 4.78 is 0. The van der Waals surface area contributed by atoms with Crippen molar-refractivity contribution < 1.29 is 14.7 Å². The zero-order chi connectivity index (χ0) is 24.8. The highest BCUT2D eigenvalue weighted by Gasteiger charge is 2.54. The number of carbonyl (C=O) groups excluding carboxylic acids is 2. The predicted molar refractivity (Wildman–Crippen MR) is 140 cm³/mol. The third kappa shape index (κ3) is 5.19. The Balaban J connectivity index is 1.51. The SMILES string of the molecule is C[C@H](C(=O)N1CCSCC1)[C@@H]1CC[C@]2(C)Cc3sc(NC(=O)CC(C)(C)C)nc3[C@H](C)[C@@H]2[C@H]1O. The molecule has 1 aromatic heterocycles. The van der Waals surface area contributed by atoms with Gasteiger partial charge < -0.3 is 15.3 Å². The third-order valence-electron chi connectivity index (χ3n) is 8.21. The first-order valence-corrected chi connectivity index (χ1v) is 14.7. The summed E-state index contributed by atoms with van der Waals surface area (Å²) in [7, 11) is 0. The molecule has 0 bridgehead atoms. The Kier molecular flexibility index (Phi) is 7.43. The highest BCUT2D eigenvalue weighted by molar-refractivity contribution is 7.99. The van der Waals surface area contributed by atoms with Gasteiger partial charge in [0.1, 0.15) is 0 Å². The first-order valence-electron chi connectivity index (χ1n) is 12.7. The molecule has 0 spiro atoms. The van der Waals surface area contributed by atoms with Crippen LogP contribution in [0.25, 0.3) is 0 Å². The quantitative estimate of drug-likeness (QED) is 0.613. The van der Waals surface area contributed by atoms with Gasteiger partial charge in [0.2, 0.25) is 11.8 Å². The molecule has 0 unspecified atom stereocenters. The van der Waals surface area contributed by atoms with E-state index in [2.05, 4.69) is 39.9 Å². The van der Waals surface area contributed by atoms with Crippen molar-refractivity contribution in [3.63, 3.8) is 0 Å². The molecular formula is C26H41N3O3S2. The summed E-state index contributed by atoms with van der Waals surface area (Å²) in [6.45, 7) is 14.3. The van der Waals surface area contributed by atoms with Crippen LogP contribution in [0.2, 0.25) is 0 Å². The number of hydrogen-bond donors (Lipinski definition) is 2. The zero-order valence-electron chi connectivity index (χ0n) is 21.5. The Morgan fingerprint density at radius 2 is 1.97 bits per heavy atom. The lowest BCUT2D eigenvalue weighted by Crippen LogP contribution is -2.54. The fourth-order valence-corrected chi connectivity index (χ4v) is 8.68. The summed E-state index contributed by atoms with van der Waals surface area (Å²) in [6, 6.07) is 0. The number of aliphatic hydroxyl groups excluding tert-OH is 1. The highest BCUT2D eigenvalue weighted by Crippen LogP contribution is 2.57. The van der Waals surface area contributed by atoms with Gasteiger partial charge in [0, 0.05) is 47.7 Å². The molecule has 1 saturated heterocycles. The number of carbonyl (C=O) groups is 2. The van der Waals surface area contributed by atoms with Crippen molar-refractivity contribution >= 4 is 40.0 Å². The molecule has 6 atom stereocenters. The van der Waals surface area contributed by atoms with Crippen molar-refractivity contribution in [3.05, 3.63) is 10.6 Å². The van der Waals surface area contributed by atoms with Crippen LogP contribution in [0.3, 0.4) is 0 Å². The van der Waals surface area contributed by atoms with E-state index in [-0.39, 0.29) is 46.3 Å². The van der Waals surface area contributed by atoms with Gasteiger partial charge in [-0.2, -0.15) is 11.8 Å². The monoisotopic (exact) mass is 507 g/mol. The van der Waals surface area contributed by atoms with E-state index in [1.165, 1.54) is 4.88 Å². The van der Waals surface area contributed by atoms with E-state index < -0.39 is 6.10 Å². The minimum Gasteiger partial charge on any atom is -0.392 e. The number of hydrogen-bond acceptors (Lipinski definition) is 6. The second kappa shape index (κ2) is 9.74. The molecule has 0 aromatic carbocycles. The Morgan fingerprint density at radius 1 is 1.29 bits per heavy atom. The number of thioether (sulfide) groups is 1. The lowest BCUT2D eigenvalue weighted by molar-refractivity contribution is -0.144. The van der Waals surface area contributed by atoms with Crippen LogP contribution >= 0.6 is 23.1 Å². The van der Waals surface area contributed by atoms with Gasteiger partial charge in [-0.25, -0.2) is 4.98 Å². The predicted octanol–water partition coefficient (Wildman–Crippen LogP) is 4.78. The fourth-order valence-electron chi connectivity index (χ4n) is 6.50. The number of anilines is 1. The second-order valence-electron chi connectivity index (χ2n) is 12.2. The number of fused-ring (bicyclic) bond motifs is 2. The Bertz CT molecular complexity index is 921. The normalized spacial score (nSPS) is 32.5. The molecular weight excluding hydrogens is 466 g/mol. The topological polar surface area (TPSA) is 82.5 Å². The number of aliphatic hydroxyl groups is 1. The van der Waals surface area contributed by atoms with Crippen molar-refractivity contribution in [1.29, 1.82) is 0 Å². The molecule has 0 radical (unpaired) electrons. The molecule has 1 aliphatic heterocycles. The van der Waals surface area contributed by atoms with Crippen molar-refractivity contribution in [1.82, 2.24) is 9.88 Å². The smallest absolute Gasteiger partial charge is 0.226 e. The summed E-state index contributed by atoms with van der Waals surface area (Å²) in [5.74, 6) is 2.17. The van der Waals surface area contributed by atoms with Crippen LogP contribution in [0.5, 0.6) is 0 Å². The molecule has 190 valence electrons. The number of rotatable bonds is 4. The molecule has 1 aromatic rings. The van der Waals surface area contributed by atoms with Gasteiger partial charge in [-0.05, 0) is 41.9 Å². The van der Waals surface area contributed by atoms with Crippen molar-refractivity contribution in [2.75, 3.05) is 29.9 Å². The Labute approximate surface area is 212 Å². The van der Waals surface area contributed by atoms with E-state index in [9.17, 15) is 14.7 Å². The maximum absolute atomic E-state index is 13.2. The largest absolute Gasteiger partial charge is 0.392 e. The fraction of sp³-hybridized carbons (Fsp3) is 0.808. The van der Waals surface area contributed by atoms with Crippen LogP contribution < -0.4 is 5.32 Å². The van der Waals surface area contributed by atoms with Gasteiger partial charge in [-0.15, -0.1) is 11.3 Å². The van der Waals surface area contributed by atoms with Crippen LogP contribution in [0.15, 0.2) is 0 Å². The molecule has 2 N–H and O–H groups in total. The number of nitrogens with zero attached hydrogens (tertiary/aromatic N) is 2. The number of thiazole rings is 1. The Morgan fingerprint density at radius 3 is 2.62 bits per heavy atom. The van der Waals surface area contributed by atoms with Crippen molar-refractivity contribution in [2.24, 2.45) is 28.6 Å². The minimum absolute atomic E-state index is 0.00146. The summed E-state index contributed by atoms with van der Waals surface area (Å²) >= 11 is 3.50. The highest BCUT2D eigenvalue weighted by atomic mass is 32.2. The van der Waals surface area contributed by atoms with Gasteiger partial charge >= 0.3 is 0 Å². The minimum atomic E-state index is -0.527. The molecule has 1 saturated carbocycles. The maximum Gasteiger partial charge on any atom is 0.226 e. The maximum atomic E-state index is 13.2. The number of aromatic nitrogens is 1. The van der Waals surface area contributed by atoms with Gasteiger partial charge in [-0.3, -0.25) is 9.59 Å². The van der Waals surface area contributed by atoms with E-state index in [1.54, 1.807) is 11.3 Å². The molecule has 34 heavy (non-hydrogen) atoms. The van der Waals surface area contributed by atoms with E-state index >= 15 is 0 Å². The van der Waals surface area contributed by atoms with Crippen LogP contribution in [0.1, 0.15) is 77.3 Å². The number of nitrogens with one attached hydrogen (secondary N) is 1. The standard InChI is InChI=1S/C26H41N3O3S2/c1-15(23(32)29-9-11-33-12-10-29)17-7-8-26(6)13-18-21(16(2)20(26)22(17)31)28-24(34-18)27-19(30)14-25(3,4)5/h15-17,20,22,31H,7-14H2,1-6H3,(H,27,28,30)/t15-,16+,17-,20+,22-,26+/m0/s1.